The van der Waals surface area contributed by atoms with Crippen molar-refractivity contribution >= 4 is 23.0 Å². The summed E-state index contributed by atoms with van der Waals surface area (Å²) in [5.74, 6) is 0. The maximum absolute atomic E-state index is 11.0. The number of hydrogen-bond acceptors (Lipinski definition) is 4. The Morgan fingerprint density at radius 3 is 3.00 bits per heavy atom. The van der Waals surface area contributed by atoms with Crippen molar-refractivity contribution in [1.82, 2.24) is 0 Å². The number of nitro benzene ring substituents is 1. The highest BCUT2D eigenvalue weighted by Gasteiger charge is 2.18. The van der Waals surface area contributed by atoms with Crippen molar-refractivity contribution in [2.45, 2.75) is 25.3 Å². The molecule has 0 amide bonds. The second kappa shape index (κ2) is 6.02. The zero-order valence-corrected chi connectivity index (χ0v) is 10.7. The number of halogens is 1. The zero-order valence-electron chi connectivity index (χ0n) is 9.89. The summed E-state index contributed by atoms with van der Waals surface area (Å²) in [6, 6.07) is 4.90. The third-order valence-electron chi connectivity index (χ3n) is 2.97. The lowest BCUT2D eigenvalue weighted by atomic mass is 10.1. The molecule has 0 spiro atoms. The summed E-state index contributed by atoms with van der Waals surface area (Å²) in [6.07, 6.45) is 2.79. The van der Waals surface area contributed by atoms with Crippen LogP contribution in [0.1, 0.15) is 19.3 Å². The maximum Gasteiger partial charge on any atom is 0.293 e. The quantitative estimate of drug-likeness (QED) is 0.676. The molecule has 0 aromatic heterocycles. The van der Waals surface area contributed by atoms with Gasteiger partial charge in [-0.2, -0.15) is 0 Å². The second-order valence-corrected chi connectivity index (χ2v) is 4.74. The lowest BCUT2D eigenvalue weighted by molar-refractivity contribution is -0.384. The average molecular weight is 271 g/mol. The number of nitrogens with one attached hydrogen (secondary N) is 1. The van der Waals surface area contributed by atoms with Crippen molar-refractivity contribution in [2.75, 3.05) is 18.5 Å². The van der Waals surface area contributed by atoms with E-state index in [0.29, 0.717) is 17.3 Å². The minimum absolute atomic E-state index is 0.0210. The van der Waals surface area contributed by atoms with Gasteiger partial charge in [0.15, 0.2) is 0 Å². The van der Waals surface area contributed by atoms with Crippen LogP contribution in [0.2, 0.25) is 5.02 Å². The number of benzene rings is 1. The van der Waals surface area contributed by atoms with Crippen LogP contribution in [0.25, 0.3) is 0 Å². The highest BCUT2D eigenvalue weighted by atomic mass is 35.5. The molecule has 1 N–H and O–H groups in total. The summed E-state index contributed by atoms with van der Waals surface area (Å²) < 4.78 is 5.36. The molecule has 1 aromatic carbocycles. The van der Waals surface area contributed by atoms with E-state index in [0.717, 1.165) is 25.9 Å². The Morgan fingerprint density at radius 2 is 2.22 bits per heavy atom. The number of nitro groups is 1. The van der Waals surface area contributed by atoms with Gasteiger partial charge in [0.2, 0.25) is 0 Å². The SMILES string of the molecule is O=[N+]([O-])c1cc(Cl)ccc1NC1CCCOCC1. The number of hydrogen-bond donors (Lipinski definition) is 1. The molecule has 18 heavy (non-hydrogen) atoms. The Hall–Kier alpha value is -1.33. The number of nitrogens with zero attached hydrogens (tertiary/aromatic N) is 1. The molecule has 1 aliphatic heterocycles. The van der Waals surface area contributed by atoms with Crippen molar-refractivity contribution in [3.8, 4) is 0 Å². The van der Waals surface area contributed by atoms with Crippen LogP contribution in [0.15, 0.2) is 18.2 Å². The van der Waals surface area contributed by atoms with Crippen LogP contribution in [0.5, 0.6) is 0 Å². The minimum Gasteiger partial charge on any atom is -0.381 e. The average Bonchev–Trinajstić information content (AvgIpc) is 2.60. The molecule has 0 aliphatic carbocycles. The molecule has 1 heterocycles. The lowest BCUT2D eigenvalue weighted by Crippen LogP contribution is -2.20. The summed E-state index contributed by atoms with van der Waals surface area (Å²) in [6.45, 7) is 1.46. The fourth-order valence-corrected chi connectivity index (χ4v) is 2.21. The Balaban J connectivity index is 2.14. The molecule has 2 rings (SSSR count). The maximum atomic E-state index is 11.0. The van der Waals surface area contributed by atoms with Gasteiger partial charge in [-0.1, -0.05) is 11.6 Å². The van der Waals surface area contributed by atoms with Gasteiger partial charge in [-0.15, -0.1) is 0 Å². The molecule has 1 atom stereocenters. The second-order valence-electron chi connectivity index (χ2n) is 4.30. The Morgan fingerprint density at radius 1 is 1.39 bits per heavy atom. The van der Waals surface area contributed by atoms with Crippen molar-refractivity contribution < 1.29 is 9.66 Å². The highest BCUT2D eigenvalue weighted by Crippen LogP contribution is 2.29. The van der Waals surface area contributed by atoms with E-state index < -0.39 is 4.92 Å². The van der Waals surface area contributed by atoms with Gasteiger partial charge in [0.25, 0.3) is 5.69 Å². The number of rotatable bonds is 3. The monoisotopic (exact) mass is 270 g/mol. The highest BCUT2D eigenvalue weighted by molar-refractivity contribution is 6.30. The topological polar surface area (TPSA) is 64.4 Å². The summed E-state index contributed by atoms with van der Waals surface area (Å²) in [7, 11) is 0. The fourth-order valence-electron chi connectivity index (χ4n) is 2.05. The van der Waals surface area contributed by atoms with Gasteiger partial charge in [0.1, 0.15) is 5.69 Å². The van der Waals surface area contributed by atoms with Gasteiger partial charge in [0, 0.05) is 30.3 Å². The van der Waals surface area contributed by atoms with Gasteiger partial charge >= 0.3 is 0 Å². The van der Waals surface area contributed by atoms with E-state index in [2.05, 4.69) is 5.32 Å². The molecule has 1 unspecified atom stereocenters. The van der Waals surface area contributed by atoms with E-state index in [9.17, 15) is 10.1 Å². The van der Waals surface area contributed by atoms with Crippen molar-refractivity contribution in [1.29, 1.82) is 0 Å². The zero-order chi connectivity index (χ0) is 13.0. The molecule has 6 heteroatoms. The molecule has 5 nitrogen and oxygen atoms in total. The molecule has 98 valence electrons. The minimum atomic E-state index is -0.415. The first-order valence-corrected chi connectivity index (χ1v) is 6.33. The van der Waals surface area contributed by atoms with Crippen LogP contribution in [0.4, 0.5) is 11.4 Å². The van der Waals surface area contributed by atoms with Gasteiger partial charge in [-0.05, 0) is 31.4 Å². The predicted molar refractivity (Wildman–Crippen MR) is 70.2 cm³/mol. The van der Waals surface area contributed by atoms with Crippen LogP contribution in [0.3, 0.4) is 0 Å². The smallest absolute Gasteiger partial charge is 0.293 e. The van der Waals surface area contributed by atoms with E-state index >= 15 is 0 Å². The summed E-state index contributed by atoms with van der Waals surface area (Å²) >= 11 is 5.78. The predicted octanol–water partition coefficient (Wildman–Crippen LogP) is 3.23. The molecule has 1 aliphatic rings. The first kappa shape index (κ1) is 13.1. The first-order chi connectivity index (χ1) is 8.66. The Bertz CT molecular complexity index is 431. The standard InChI is InChI=1S/C12H15ClN2O3/c13-9-3-4-11(12(8-9)15(16)17)14-10-2-1-6-18-7-5-10/h3-4,8,10,14H,1-2,5-7H2. The molecular weight excluding hydrogens is 256 g/mol. The fraction of sp³-hybridized carbons (Fsp3) is 0.500. The van der Waals surface area contributed by atoms with E-state index in [-0.39, 0.29) is 11.7 Å². The Labute approximate surface area is 110 Å². The van der Waals surface area contributed by atoms with E-state index in [4.69, 9.17) is 16.3 Å². The van der Waals surface area contributed by atoms with Gasteiger partial charge in [0.05, 0.1) is 4.92 Å². The van der Waals surface area contributed by atoms with E-state index in [1.807, 2.05) is 0 Å². The first-order valence-electron chi connectivity index (χ1n) is 5.95. The largest absolute Gasteiger partial charge is 0.381 e. The van der Waals surface area contributed by atoms with Gasteiger partial charge < -0.3 is 10.1 Å². The lowest BCUT2D eigenvalue weighted by Gasteiger charge is -2.17. The summed E-state index contributed by atoms with van der Waals surface area (Å²) in [5.41, 5.74) is 0.545. The third-order valence-corrected chi connectivity index (χ3v) is 3.20. The van der Waals surface area contributed by atoms with E-state index in [1.54, 1.807) is 12.1 Å². The van der Waals surface area contributed by atoms with Gasteiger partial charge in [-0.3, -0.25) is 10.1 Å². The molecule has 0 saturated carbocycles. The van der Waals surface area contributed by atoms with Crippen LogP contribution in [-0.2, 0) is 4.74 Å². The van der Waals surface area contributed by atoms with Crippen LogP contribution >= 0.6 is 11.6 Å². The number of anilines is 1. The van der Waals surface area contributed by atoms with Crippen molar-refractivity contribution in [3.63, 3.8) is 0 Å². The van der Waals surface area contributed by atoms with Gasteiger partial charge in [-0.25, -0.2) is 0 Å². The van der Waals surface area contributed by atoms with Crippen molar-refractivity contribution in [3.05, 3.63) is 33.3 Å². The molecular formula is C12H15ClN2O3. The molecule has 0 bridgehead atoms. The molecule has 1 saturated heterocycles. The molecule has 1 fully saturated rings. The molecule has 0 radical (unpaired) electrons. The van der Waals surface area contributed by atoms with Crippen LogP contribution in [-0.4, -0.2) is 24.2 Å². The van der Waals surface area contributed by atoms with Crippen LogP contribution < -0.4 is 5.32 Å². The normalized spacial score (nSPS) is 20.2. The summed E-state index contributed by atoms with van der Waals surface area (Å²) in [5, 5.41) is 14.6. The van der Waals surface area contributed by atoms with Crippen molar-refractivity contribution in [2.24, 2.45) is 0 Å². The van der Waals surface area contributed by atoms with E-state index in [1.165, 1.54) is 6.07 Å². The van der Waals surface area contributed by atoms with Crippen LogP contribution in [0, 0.1) is 10.1 Å². The number of ether oxygens (including phenoxy) is 1. The Kier molecular flexibility index (Phi) is 4.38. The summed E-state index contributed by atoms with van der Waals surface area (Å²) in [4.78, 5) is 10.6. The third kappa shape index (κ3) is 3.34. The molecule has 1 aromatic rings.